The first kappa shape index (κ1) is 0.847. The molecule has 0 aromatic heterocycles. The van der Waals surface area contributed by atoms with E-state index in [9.17, 15) is 0 Å². The average Bonchev–Trinajstić information content (AvgIpc) is 1.94. The Morgan fingerprint density at radius 1 is 1.71 bits per heavy atom. The zero-order valence-corrected chi connectivity index (χ0v) is 3.55. The number of nitrogens with zero attached hydrogens (tertiary/aromatic N) is 1. The summed E-state index contributed by atoms with van der Waals surface area (Å²) in [7, 11) is 0. The van der Waals surface area contributed by atoms with Crippen molar-refractivity contribution >= 4 is 0 Å². The summed E-state index contributed by atoms with van der Waals surface area (Å²) in [5, 5.41) is 8.96. The lowest BCUT2D eigenvalue weighted by atomic mass is 10.8. The predicted molar refractivity (Wildman–Crippen MR) is 30.0 cm³/mol. The molecule has 0 aliphatic rings. The van der Waals surface area contributed by atoms with Gasteiger partial charge in [-0.2, -0.15) is 0 Å². The lowest BCUT2D eigenvalue weighted by Gasteiger charge is -2.21. The van der Waals surface area contributed by atoms with Gasteiger partial charge in [-0.1, -0.05) is 0 Å². The molecule has 0 aliphatic carbocycles. The molecule has 0 fully saturated rings. The molecule has 2 nitrogen and oxygen atoms in total. The van der Waals surface area contributed by atoms with Crippen molar-refractivity contribution in [3.8, 4) is 0 Å². The number of aliphatic hydroxyl groups excluding tert-OH is 1. The normalized spacial score (nSPS) is 49.6. The second-order valence-electron chi connectivity index (χ2n) is 1.02. The molecular formula is C5H14NO+. The van der Waals surface area contributed by atoms with Crippen molar-refractivity contribution in [2.24, 2.45) is 0 Å². The van der Waals surface area contributed by atoms with E-state index in [-0.39, 0.29) is 0 Å². The molecule has 0 rings (SSSR count). The Morgan fingerprint density at radius 3 is 2.43 bits per heavy atom. The minimum atomic E-state index is -3.62. The van der Waals surface area contributed by atoms with Crippen LogP contribution in [0.1, 0.15) is 15.1 Å². The molecule has 0 bridgehead atoms. The van der Waals surface area contributed by atoms with Gasteiger partial charge in [-0.15, -0.1) is 0 Å². The molecule has 0 amide bonds. The third kappa shape index (κ3) is 5.92. The fourth-order valence-electron chi connectivity index (χ4n) is 0.100. The Kier molecular flexibility index (Phi) is 0.276. The van der Waals surface area contributed by atoms with Crippen molar-refractivity contribution in [3.05, 3.63) is 0 Å². The van der Waals surface area contributed by atoms with E-state index in [1.807, 2.05) is 0 Å². The maximum Gasteiger partial charge on any atom is 0.101 e. The molecule has 0 aromatic carbocycles. The van der Waals surface area contributed by atoms with Gasteiger partial charge in [-0.05, 0) is 0 Å². The van der Waals surface area contributed by atoms with Crippen LogP contribution in [0.4, 0.5) is 0 Å². The van der Waals surface area contributed by atoms with Gasteiger partial charge in [0.15, 0.2) is 0 Å². The van der Waals surface area contributed by atoms with Crippen molar-refractivity contribution < 1.29 is 24.7 Å². The molecule has 2 unspecified atom stereocenters. The number of aliphatic hydroxyl groups is 1. The van der Waals surface area contributed by atoms with E-state index in [1.54, 1.807) is 0 Å². The third-order valence-corrected chi connectivity index (χ3v) is 0.290. The molecule has 7 heavy (non-hydrogen) atoms. The van der Waals surface area contributed by atoms with Crippen molar-refractivity contribution in [2.75, 3.05) is 34.0 Å². The highest BCUT2D eigenvalue weighted by Gasteiger charge is 2.02. The number of hydrogen-bond donors (Lipinski definition) is 1. The van der Waals surface area contributed by atoms with Gasteiger partial charge in [0.25, 0.3) is 0 Å². The fourth-order valence-corrected chi connectivity index (χ4v) is 0.100. The summed E-state index contributed by atoms with van der Waals surface area (Å²) in [6.07, 6.45) is 0. The highest BCUT2D eigenvalue weighted by molar-refractivity contribution is 4.19. The summed E-state index contributed by atoms with van der Waals surface area (Å²) in [4.78, 5) is 0. The summed E-state index contributed by atoms with van der Waals surface area (Å²) in [5.41, 5.74) is 0. The summed E-state index contributed by atoms with van der Waals surface area (Å²) in [6, 6.07) is 0. The minimum absolute atomic E-state index is 2.48. The van der Waals surface area contributed by atoms with Crippen LogP contribution in [0.5, 0.6) is 0 Å². The molecule has 2 atom stereocenters. The van der Waals surface area contributed by atoms with Gasteiger partial charge in [0.05, 0.1) is 42.6 Å². The Balaban J connectivity index is 6.27. The minimum Gasteiger partial charge on any atom is -0.391 e. The first-order chi connectivity index (χ1) is 7.60. The zero-order valence-electron chi connectivity index (χ0n) is 14.5. The summed E-state index contributed by atoms with van der Waals surface area (Å²) >= 11 is 0. The fraction of sp³-hybridized carbons (Fsp3) is 1.00. The van der Waals surface area contributed by atoms with Crippen LogP contribution in [0.2, 0.25) is 0 Å². The van der Waals surface area contributed by atoms with Crippen LogP contribution in [-0.4, -0.2) is 43.6 Å². The number of quaternary nitrogens is 1. The van der Waals surface area contributed by atoms with E-state index in [1.165, 1.54) is 0 Å². The molecule has 2 heteroatoms. The number of hydrogen-bond acceptors (Lipinski definition) is 1. The Morgan fingerprint density at radius 2 is 2.29 bits per heavy atom. The lowest BCUT2D eigenvalue weighted by molar-refractivity contribution is -0.870. The summed E-state index contributed by atoms with van der Waals surface area (Å²) < 4.78 is 75.9. The summed E-state index contributed by atoms with van der Waals surface area (Å²) in [6.45, 7) is -15.9. The average molecular weight is 116 g/mol. The maximum atomic E-state index is 8.96. The molecule has 0 saturated carbocycles. The molecule has 1 N–H and O–H groups in total. The molecule has 0 spiro atoms. The van der Waals surface area contributed by atoms with E-state index in [0.717, 1.165) is 0 Å². The van der Waals surface area contributed by atoms with Gasteiger partial charge in [0.2, 0.25) is 0 Å². The largest absolute Gasteiger partial charge is 0.391 e. The van der Waals surface area contributed by atoms with Crippen LogP contribution < -0.4 is 0 Å². The number of rotatable bonds is 2. The second kappa shape index (κ2) is 2.28. The molecular weight excluding hydrogens is 91.1 g/mol. The molecule has 0 radical (unpaired) electrons. The van der Waals surface area contributed by atoms with Crippen LogP contribution in [0.3, 0.4) is 0 Å². The first-order valence-electron chi connectivity index (χ1n) is 7.18. The quantitative estimate of drug-likeness (QED) is 0.387. The predicted octanol–water partition coefficient (Wildman–Crippen LogP) is -0.315. The Labute approximate surface area is 60.4 Å². The zero-order chi connectivity index (χ0) is 15.2. The molecule has 0 saturated heterocycles. The van der Waals surface area contributed by atoms with Gasteiger partial charge in [-0.25, -0.2) is 0 Å². The third-order valence-electron chi connectivity index (χ3n) is 0.290. The van der Waals surface area contributed by atoms with Crippen LogP contribution in [0, 0.1) is 0 Å². The van der Waals surface area contributed by atoms with E-state index >= 15 is 0 Å². The topological polar surface area (TPSA) is 20.2 Å². The van der Waals surface area contributed by atoms with Gasteiger partial charge >= 0.3 is 0 Å². The van der Waals surface area contributed by atoms with Gasteiger partial charge < -0.3 is 9.59 Å². The van der Waals surface area contributed by atoms with Crippen LogP contribution in [0.25, 0.3) is 0 Å². The monoisotopic (exact) mass is 116 g/mol. The highest BCUT2D eigenvalue weighted by atomic mass is 16.3. The molecule has 0 aromatic rings. The second-order valence-corrected chi connectivity index (χ2v) is 1.02. The van der Waals surface area contributed by atoms with E-state index in [0.29, 0.717) is 0 Å². The van der Waals surface area contributed by atoms with Gasteiger partial charge in [-0.3, -0.25) is 0 Å². The SMILES string of the molecule is [2H]C(O)[13CH]([2H])[N+](C([2H])([2H])[2H])(C([2H])([2H])[2H])C([2H])([2H])[2H]. The first-order valence-corrected chi connectivity index (χ1v) is 1.52. The van der Waals surface area contributed by atoms with Crippen LogP contribution in [0.15, 0.2) is 0 Å². The number of likely N-dealkylation sites (N-methyl/N-ethyl adjacent to an activating group) is 1. The van der Waals surface area contributed by atoms with Crippen molar-refractivity contribution in [1.29, 1.82) is 0 Å². The van der Waals surface area contributed by atoms with E-state index in [4.69, 9.17) is 20.2 Å². The molecule has 0 heterocycles. The Bertz CT molecular complexity index is 251. The van der Waals surface area contributed by atoms with Gasteiger partial charge in [0.1, 0.15) is 6.52 Å². The van der Waals surface area contributed by atoms with Gasteiger partial charge in [0, 0.05) is 0 Å². The van der Waals surface area contributed by atoms with Crippen molar-refractivity contribution in [1.82, 2.24) is 0 Å². The van der Waals surface area contributed by atoms with E-state index in [2.05, 4.69) is 0 Å². The molecule has 44 valence electrons. The maximum absolute atomic E-state index is 8.96. The van der Waals surface area contributed by atoms with Crippen LogP contribution >= 0.6 is 0 Å². The molecule has 0 aliphatic heterocycles. The van der Waals surface area contributed by atoms with Crippen molar-refractivity contribution in [2.45, 2.75) is 0 Å². The summed E-state index contributed by atoms with van der Waals surface area (Å²) in [5.74, 6) is 0. The van der Waals surface area contributed by atoms with Crippen molar-refractivity contribution in [3.63, 3.8) is 0 Å². The Hall–Kier alpha value is -0.0800. The lowest BCUT2D eigenvalue weighted by Crippen LogP contribution is -2.36. The van der Waals surface area contributed by atoms with Crippen LogP contribution in [-0.2, 0) is 0 Å². The van der Waals surface area contributed by atoms with E-state index < -0.39 is 38.5 Å². The highest BCUT2D eigenvalue weighted by Crippen LogP contribution is 1.84. The smallest absolute Gasteiger partial charge is 0.101 e. The standard InChI is InChI=1S/C5H14NO/c1-6(2,3)4-5-7/h7H,4-5H2,1-3H3/q+1/i1D3,2D3,3D3,4+1D,5D.